The highest BCUT2D eigenvalue weighted by Crippen LogP contribution is 2.50. The number of fused-ring (bicyclic) bond motifs is 9. The van der Waals surface area contributed by atoms with Crippen molar-refractivity contribution < 1.29 is 0 Å². The van der Waals surface area contributed by atoms with Crippen molar-refractivity contribution in [3.8, 4) is 85.1 Å². The summed E-state index contributed by atoms with van der Waals surface area (Å²) in [5, 5.41) is 28.9. The Morgan fingerprint density at radius 1 is 0.278 bits per heavy atom. The van der Waals surface area contributed by atoms with E-state index in [-0.39, 0.29) is 11.1 Å². The minimum Gasteiger partial charge on any atom is -0.305 e. The highest BCUT2D eigenvalue weighted by atomic mass is 15.2. The Hall–Kier alpha value is -11.1. The quantitative estimate of drug-likeness (QED) is 0.152. The second-order valence-corrected chi connectivity index (χ2v) is 20.0. The minimum atomic E-state index is 0.281. The lowest BCUT2D eigenvalue weighted by Gasteiger charge is -2.26. The molecular formula is C73H44N6. The summed E-state index contributed by atoms with van der Waals surface area (Å²) < 4.78 is 7.01. The molecule has 0 bridgehead atoms. The number of nitrogens with zero attached hydrogens (tertiary/aromatic N) is 6. The van der Waals surface area contributed by atoms with E-state index < -0.39 is 0 Å². The van der Waals surface area contributed by atoms with Crippen molar-refractivity contribution in [2.24, 2.45) is 0 Å². The summed E-state index contributed by atoms with van der Waals surface area (Å²) in [7, 11) is 0. The van der Waals surface area contributed by atoms with Gasteiger partial charge in [-0.15, -0.1) is 0 Å². The zero-order valence-corrected chi connectivity index (χ0v) is 42.6. The predicted molar refractivity (Wildman–Crippen MR) is 324 cm³/mol. The first-order valence-electron chi connectivity index (χ1n) is 26.5. The predicted octanol–water partition coefficient (Wildman–Crippen LogP) is 18.5. The van der Waals surface area contributed by atoms with Crippen molar-refractivity contribution in [2.45, 2.75) is 0 Å². The van der Waals surface area contributed by atoms with Crippen LogP contribution in [0.25, 0.3) is 138 Å². The standard InChI is InChI=1S/C73H44N6/c74-45-54-28-19-32-58(62(54)46-75)70-69(50-26-11-4-12-27-50)72(78-64-34-17-14-30-56(64)60-43-52(37-40-67(60)78)48-22-7-2-8-23-48)76-73(79-65-35-18-15-31-57(65)61-44-53(38-41-68(61)79)49-24-9-3-10-25-49)71(70)77-63-33-16-13-29-55(63)59-42-51(36-39-66(59)77)47-20-5-1-6-21-47/h1-44H. The van der Waals surface area contributed by atoms with Gasteiger partial charge in [-0.05, 0) is 99.6 Å². The van der Waals surface area contributed by atoms with E-state index in [1.54, 1.807) is 6.07 Å². The van der Waals surface area contributed by atoms with Gasteiger partial charge in [0.15, 0.2) is 5.82 Å². The molecule has 6 heteroatoms. The molecule has 0 N–H and O–H groups in total. The maximum atomic E-state index is 11.5. The maximum Gasteiger partial charge on any atom is 0.165 e. The summed E-state index contributed by atoms with van der Waals surface area (Å²) in [6.07, 6.45) is 0. The van der Waals surface area contributed by atoms with Crippen molar-refractivity contribution >= 4 is 65.4 Å². The zero-order chi connectivity index (χ0) is 52.6. The molecule has 11 aromatic carbocycles. The SMILES string of the molecule is N#Cc1cccc(-c2c(-c3ccccc3)c(-n3c4ccccc4c4cc(-c5ccccc5)ccc43)nc(-n3c4ccccc4c4cc(-c5ccccc5)ccc43)c2-n2c3ccccc3c3cc(-c4ccccc4)ccc32)c1C#N. The molecule has 0 aliphatic carbocycles. The van der Waals surface area contributed by atoms with E-state index in [1.807, 2.05) is 30.3 Å². The summed E-state index contributed by atoms with van der Waals surface area (Å²) in [6.45, 7) is 0. The summed E-state index contributed by atoms with van der Waals surface area (Å²) in [6, 6.07) is 98.6. The molecule has 0 fully saturated rings. The van der Waals surface area contributed by atoms with Crippen LogP contribution < -0.4 is 0 Å². The molecule has 15 aromatic rings. The second kappa shape index (κ2) is 18.4. The number of hydrogen-bond acceptors (Lipinski definition) is 3. The molecule has 0 amide bonds. The Morgan fingerprint density at radius 2 is 0.658 bits per heavy atom. The highest BCUT2D eigenvalue weighted by Gasteiger charge is 2.32. The fraction of sp³-hybridized carbons (Fsp3) is 0. The molecule has 15 rings (SSSR count). The molecule has 6 nitrogen and oxygen atoms in total. The summed E-state index contributed by atoms with van der Waals surface area (Å²) >= 11 is 0. The van der Waals surface area contributed by atoms with Crippen LogP contribution in [0.15, 0.2) is 267 Å². The van der Waals surface area contributed by atoms with Crippen LogP contribution in [-0.4, -0.2) is 18.7 Å². The Bertz CT molecular complexity index is 5010. The van der Waals surface area contributed by atoms with Crippen molar-refractivity contribution in [3.63, 3.8) is 0 Å². The number of para-hydroxylation sites is 3. The van der Waals surface area contributed by atoms with Gasteiger partial charge in [-0.3, -0.25) is 9.13 Å². The van der Waals surface area contributed by atoms with Gasteiger partial charge in [0, 0.05) is 49.0 Å². The molecule has 0 aliphatic heterocycles. The molecule has 4 aromatic heterocycles. The molecule has 0 spiro atoms. The number of nitriles is 2. The molecule has 0 atom stereocenters. The van der Waals surface area contributed by atoms with Gasteiger partial charge in [-0.2, -0.15) is 10.5 Å². The Morgan fingerprint density at radius 3 is 1.10 bits per heavy atom. The van der Waals surface area contributed by atoms with Crippen LogP contribution >= 0.6 is 0 Å². The number of benzene rings is 11. The lowest BCUT2D eigenvalue weighted by Crippen LogP contribution is -2.14. The van der Waals surface area contributed by atoms with Crippen LogP contribution in [0.2, 0.25) is 0 Å². The van der Waals surface area contributed by atoms with Crippen LogP contribution in [0.1, 0.15) is 11.1 Å². The van der Waals surface area contributed by atoms with Crippen LogP contribution in [-0.2, 0) is 0 Å². The van der Waals surface area contributed by atoms with E-state index in [0.717, 1.165) is 121 Å². The van der Waals surface area contributed by atoms with E-state index in [9.17, 15) is 10.5 Å². The molecule has 79 heavy (non-hydrogen) atoms. The topological polar surface area (TPSA) is 75.3 Å². The largest absolute Gasteiger partial charge is 0.305 e. The first-order valence-corrected chi connectivity index (χ1v) is 26.5. The average Bonchev–Trinajstić information content (AvgIpc) is 4.23. The highest BCUT2D eigenvalue weighted by molar-refractivity contribution is 6.16. The third-order valence-electron chi connectivity index (χ3n) is 15.7. The van der Waals surface area contributed by atoms with Gasteiger partial charge in [0.1, 0.15) is 18.0 Å². The van der Waals surface area contributed by atoms with E-state index in [2.05, 4.69) is 256 Å². The zero-order valence-electron chi connectivity index (χ0n) is 42.6. The van der Waals surface area contributed by atoms with Gasteiger partial charge in [0.2, 0.25) is 0 Å². The normalized spacial score (nSPS) is 11.5. The number of rotatable bonds is 8. The first kappa shape index (κ1) is 45.4. The molecule has 0 saturated heterocycles. The van der Waals surface area contributed by atoms with Gasteiger partial charge in [0.05, 0.1) is 49.9 Å². The fourth-order valence-electron chi connectivity index (χ4n) is 12.2. The van der Waals surface area contributed by atoms with Gasteiger partial charge >= 0.3 is 0 Å². The van der Waals surface area contributed by atoms with E-state index in [0.29, 0.717) is 17.2 Å². The van der Waals surface area contributed by atoms with Gasteiger partial charge in [-0.1, -0.05) is 206 Å². The van der Waals surface area contributed by atoms with Crippen molar-refractivity contribution in [3.05, 3.63) is 278 Å². The summed E-state index contributed by atoms with van der Waals surface area (Å²) in [5.74, 6) is 1.32. The Kier molecular flexibility index (Phi) is 10.5. The Labute approximate surface area is 455 Å². The van der Waals surface area contributed by atoms with Crippen LogP contribution in [0, 0.1) is 22.7 Å². The van der Waals surface area contributed by atoms with Gasteiger partial charge in [0.25, 0.3) is 0 Å². The van der Waals surface area contributed by atoms with E-state index in [1.165, 1.54) is 0 Å². The lowest BCUT2D eigenvalue weighted by molar-refractivity contribution is 0.987. The summed E-state index contributed by atoms with van der Waals surface area (Å²) in [5.41, 5.74) is 16.9. The minimum absolute atomic E-state index is 0.281. The van der Waals surface area contributed by atoms with Crippen molar-refractivity contribution in [2.75, 3.05) is 0 Å². The van der Waals surface area contributed by atoms with Crippen LogP contribution in [0.5, 0.6) is 0 Å². The average molecular weight is 1010 g/mol. The van der Waals surface area contributed by atoms with Gasteiger partial charge < -0.3 is 4.57 Å². The van der Waals surface area contributed by atoms with Crippen LogP contribution in [0.3, 0.4) is 0 Å². The third kappa shape index (κ3) is 7.14. The first-order chi connectivity index (χ1) is 39.1. The summed E-state index contributed by atoms with van der Waals surface area (Å²) in [4.78, 5) is 6.27. The molecular weight excluding hydrogens is 961 g/mol. The lowest BCUT2D eigenvalue weighted by atomic mass is 9.89. The number of pyridine rings is 1. The number of aromatic nitrogens is 4. The van der Waals surface area contributed by atoms with E-state index >= 15 is 0 Å². The van der Waals surface area contributed by atoms with Gasteiger partial charge in [-0.25, -0.2) is 4.98 Å². The molecule has 0 aliphatic rings. The molecule has 366 valence electrons. The molecule has 0 unspecified atom stereocenters. The van der Waals surface area contributed by atoms with Crippen molar-refractivity contribution in [1.82, 2.24) is 18.7 Å². The smallest absolute Gasteiger partial charge is 0.165 e. The fourth-order valence-corrected chi connectivity index (χ4v) is 12.2. The Balaban J connectivity index is 1.19. The van der Waals surface area contributed by atoms with Crippen LogP contribution in [0.4, 0.5) is 0 Å². The molecule has 0 radical (unpaired) electrons. The maximum absolute atomic E-state index is 11.5. The number of hydrogen-bond donors (Lipinski definition) is 0. The second-order valence-electron chi connectivity index (χ2n) is 20.0. The van der Waals surface area contributed by atoms with Crippen molar-refractivity contribution in [1.29, 1.82) is 10.5 Å². The monoisotopic (exact) mass is 1000 g/mol. The van der Waals surface area contributed by atoms with E-state index in [4.69, 9.17) is 4.98 Å². The molecule has 0 saturated carbocycles. The third-order valence-corrected chi connectivity index (χ3v) is 15.7. The molecule has 4 heterocycles.